The van der Waals surface area contributed by atoms with Crippen molar-refractivity contribution in [2.24, 2.45) is 0 Å². The largest absolute Gasteiger partial charge is 0.464 e. The summed E-state index contributed by atoms with van der Waals surface area (Å²) in [6.07, 6.45) is -4.40. The van der Waals surface area contributed by atoms with E-state index in [2.05, 4.69) is 15.0 Å². The molecule has 2 aromatic rings. The van der Waals surface area contributed by atoms with Gasteiger partial charge in [0.15, 0.2) is 0 Å². The predicted octanol–water partition coefficient (Wildman–Crippen LogP) is 2.66. The predicted molar refractivity (Wildman–Crippen MR) is 66.9 cm³/mol. The number of nitrogen functional groups attached to an aromatic ring is 1. The fourth-order valence-corrected chi connectivity index (χ4v) is 1.41. The highest BCUT2D eigenvalue weighted by Crippen LogP contribution is 2.31. The molecular weight excluding hydrogens is 289 g/mol. The second kappa shape index (κ2) is 5.81. The van der Waals surface area contributed by atoms with Crippen LogP contribution in [-0.4, -0.2) is 21.6 Å². The minimum Gasteiger partial charge on any atom is -0.464 e. The van der Waals surface area contributed by atoms with Gasteiger partial charge < -0.3 is 15.2 Å². The van der Waals surface area contributed by atoms with Crippen LogP contribution in [-0.2, 0) is 6.18 Å². The van der Waals surface area contributed by atoms with E-state index in [0.717, 1.165) is 24.3 Å². The molecule has 0 atom stereocenters. The van der Waals surface area contributed by atoms with E-state index in [1.807, 2.05) is 0 Å². The Balaban J connectivity index is 2.18. The number of aromatic nitrogens is 3. The van der Waals surface area contributed by atoms with Crippen LogP contribution in [0.5, 0.6) is 17.8 Å². The Morgan fingerprint density at radius 3 is 2.24 bits per heavy atom. The van der Waals surface area contributed by atoms with Gasteiger partial charge in [-0.3, -0.25) is 0 Å². The third kappa shape index (κ3) is 3.94. The van der Waals surface area contributed by atoms with Crippen molar-refractivity contribution in [1.82, 2.24) is 15.0 Å². The van der Waals surface area contributed by atoms with Gasteiger partial charge in [-0.2, -0.15) is 23.1 Å². The van der Waals surface area contributed by atoms with Crippen LogP contribution < -0.4 is 15.2 Å². The molecule has 0 saturated heterocycles. The summed E-state index contributed by atoms with van der Waals surface area (Å²) in [6.45, 7) is 2.06. The Morgan fingerprint density at radius 2 is 1.67 bits per heavy atom. The van der Waals surface area contributed by atoms with Crippen molar-refractivity contribution >= 4 is 5.95 Å². The van der Waals surface area contributed by atoms with Crippen molar-refractivity contribution in [2.45, 2.75) is 13.1 Å². The number of benzene rings is 1. The normalized spacial score (nSPS) is 11.2. The molecule has 0 amide bonds. The molecule has 1 aromatic carbocycles. The van der Waals surface area contributed by atoms with Crippen LogP contribution >= 0.6 is 0 Å². The SMILES string of the molecule is CCOc1nc(N)nc(Oc2ccc(C(F)(F)F)cc2)n1. The van der Waals surface area contributed by atoms with E-state index in [9.17, 15) is 13.2 Å². The number of halogens is 3. The fourth-order valence-electron chi connectivity index (χ4n) is 1.41. The van der Waals surface area contributed by atoms with E-state index in [4.69, 9.17) is 15.2 Å². The van der Waals surface area contributed by atoms with Crippen LogP contribution in [0.1, 0.15) is 12.5 Å². The second-order valence-electron chi connectivity index (χ2n) is 3.82. The highest BCUT2D eigenvalue weighted by Gasteiger charge is 2.30. The summed E-state index contributed by atoms with van der Waals surface area (Å²) in [5.41, 5.74) is 4.68. The molecule has 21 heavy (non-hydrogen) atoms. The number of nitrogens with two attached hydrogens (primary N) is 1. The van der Waals surface area contributed by atoms with Crippen LogP contribution in [0.3, 0.4) is 0 Å². The maximum absolute atomic E-state index is 12.4. The zero-order valence-corrected chi connectivity index (χ0v) is 10.9. The van der Waals surface area contributed by atoms with Gasteiger partial charge in [0.05, 0.1) is 12.2 Å². The van der Waals surface area contributed by atoms with Crippen molar-refractivity contribution in [2.75, 3.05) is 12.3 Å². The molecule has 0 spiro atoms. The van der Waals surface area contributed by atoms with Crippen LogP contribution in [0.25, 0.3) is 0 Å². The molecule has 0 radical (unpaired) electrons. The second-order valence-corrected chi connectivity index (χ2v) is 3.82. The molecule has 2 rings (SSSR count). The molecule has 1 heterocycles. The molecule has 1 aromatic heterocycles. The third-order valence-electron chi connectivity index (χ3n) is 2.28. The number of anilines is 1. The highest BCUT2D eigenvalue weighted by molar-refractivity contribution is 5.31. The molecule has 0 aliphatic rings. The lowest BCUT2D eigenvalue weighted by molar-refractivity contribution is -0.137. The van der Waals surface area contributed by atoms with E-state index >= 15 is 0 Å². The summed E-state index contributed by atoms with van der Waals surface area (Å²) in [4.78, 5) is 11.3. The van der Waals surface area contributed by atoms with Crippen molar-refractivity contribution in [3.05, 3.63) is 29.8 Å². The smallest absolute Gasteiger partial charge is 0.416 e. The molecule has 2 N–H and O–H groups in total. The van der Waals surface area contributed by atoms with Gasteiger partial charge >= 0.3 is 18.2 Å². The summed E-state index contributed by atoms with van der Waals surface area (Å²) in [5, 5.41) is 0. The first-order valence-corrected chi connectivity index (χ1v) is 5.88. The van der Waals surface area contributed by atoms with Gasteiger partial charge in [0, 0.05) is 0 Å². The fraction of sp³-hybridized carbons (Fsp3) is 0.250. The lowest BCUT2D eigenvalue weighted by Crippen LogP contribution is -2.05. The minimum absolute atomic E-state index is 0.0214. The summed E-state index contributed by atoms with van der Waals surface area (Å²) < 4.78 is 47.6. The van der Waals surface area contributed by atoms with Gasteiger partial charge in [0.1, 0.15) is 5.75 Å². The van der Waals surface area contributed by atoms with Gasteiger partial charge in [-0.05, 0) is 31.2 Å². The van der Waals surface area contributed by atoms with E-state index in [0.29, 0.717) is 6.61 Å². The number of hydrogen-bond donors (Lipinski definition) is 1. The summed E-state index contributed by atoms with van der Waals surface area (Å²) in [6, 6.07) is 3.91. The van der Waals surface area contributed by atoms with Crippen molar-refractivity contribution < 1.29 is 22.6 Å². The van der Waals surface area contributed by atoms with E-state index in [1.54, 1.807) is 6.92 Å². The average molecular weight is 300 g/mol. The summed E-state index contributed by atoms with van der Waals surface area (Å²) >= 11 is 0. The number of rotatable bonds is 4. The Labute approximate surface area is 117 Å². The number of ether oxygens (including phenoxy) is 2. The number of alkyl halides is 3. The summed E-state index contributed by atoms with van der Waals surface area (Å²) in [5.74, 6) is 0.0198. The van der Waals surface area contributed by atoms with Gasteiger partial charge in [-0.15, -0.1) is 4.98 Å². The summed E-state index contributed by atoms with van der Waals surface area (Å²) in [7, 11) is 0. The zero-order valence-electron chi connectivity index (χ0n) is 10.9. The van der Waals surface area contributed by atoms with Gasteiger partial charge in [-0.25, -0.2) is 0 Å². The third-order valence-corrected chi connectivity index (χ3v) is 2.28. The number of nitrogens with zero attached hydrogens (tertiary/aromatic N) is 3. The van der Waals surface area contributed by atoms with Crippen LogP contribution in [0.2, 0.25) is 0 Å². The van der Waals surface area contributed by atoms with Crippen LogP contribution in [0.15, 0.2) is 24.3 Å². The molecule has 9 heteroatoms. The quantitative estimate of drug-likeness (QED) is 0.934. The van der Waals surface area contributed by atoms with Crippen LogP contribution in [0.4, 0.5) is 19.1 Å². The Morgan fingerprint density at radius 1 is 1.05 bits per heavy atom. The molecule has 0 fully saturated rings. The average Bonchev–Trinajstić information content (AvgIpc) is 2.38. The van der Waals surface area contributed by atoms with Crippen molar-refractivity contribution in [1.29, 1.82) is 0 Å². The first kappa shape index (κ1) is 14.8. The van der Waals surface area contributed by atoms with E-state index in [-0.39, 0.29) is 23.7 Å². The minimum atomic E-state index is -4.40. The molecule has 6 nitrogen and oxygen atoms in total. The maximum atomic E-state index is 12.4. The zero-order chi connectivity index (χ0) is 15.5. The molecular formula is C12H11F3N4O2. The molecule has 0 aliphatic carbocycles. The highest BCUT2D eigenvalue weighted by atomic mass is 19.4. The van der Waals surface area contributed by atoms with Gasteiger partial charge in [-0.1, -0.05) is 0 Å². The Kier molecular flexibility index (Phi) is 4.10. The van der Waals surface area contributed by atoms with E-state index in [1.165, 1.54) is 0 Å². The van der Waals surface area contributed by atoms with Crippen LogP contribution in [0, 0.1) is 0 Å². The number of hydrogen-bond acceptors (Lipinski definition) is 6. The van der Waals surface area contributed by atoms with Crippen molar-refractivity contribution in [3.8, 4) is 17.8 Å². The Bertz CT molecular complexity index is 617. The lowest BCUT2D eigenvalue weighted by Gasteiger charge is -2.08. The van der Waals surface area contributed by atoms with E-state index < -0.39 is 11.7 Å². The Hall–Kier alpha value is -2.58. The molecule has 0 unspecified atom stereocenters. The maximum Gasteiger partial charge on any atom is 0.416 e. The molecule has 0 bridgehead atoms. The molecule has 0 aliphatic heterocycles. The molecule has 112 valence electrons. The molecule has 0 saturated carbocycles. The standard InChI is InChI=1S/C12H11F3N4O2/c1-2-20-10-17-9(16)18-11(19-10)21-8-5-3-7(4-6-8)12(13,14)15/h3-6H,2H2,1H3,(H2,16,17,18,19). The van der Waals surface area contributed by atoms with Gasteiger partial charge in [0.25, 0.3) is 0 Å². The first-order chi connectivity index (χ1) is 9.88. The first-order valence-electron chi connectivity index (χ1n) is 5.88. The van der Waals surface area contributed by atoms with Gasteiger partial charge in [0.2, 0.25) is 5.95 Å². The lowest BCUT2D eigenvalue weighted by atomic mass is 10.2. The van der Waals surface area contributed by atoms with Crippen molar-refractivity contribution in [3.63, 3.8) is 0 Å². The topological polar surface area (TPSA) is 83.2 Å². The monoisotopic (exact) mass is 300 g/mol.